The summed E-state index contributed by atoms with van der Waals surface area (Å²) in [4.78, 5) is 24.5. The highest BCUT2D eigenvalue weighted by molar-refractivity contribution is 6.00. The topological polar surface area (TPSA) is 66.8 Å². The number of Topliss-reactive ketones (excluding diaryl/α,β-unsaturated/α-hetero) is 1. The lowest BCUT2D eigenvalue weighted by atomic mass is 10.1. The molecule has 0 saturated carbocycles. The summed E-state index contributed by atoms with van der Waals surface area (Å²) >= 11 is 0. The van der Waals surface area contributed by atoms with E-state index in [1.54, 1.807) is 12.2 Å². The maximum atomic E-state index is 12.4. The predicted octanol–water partition coefficient (Wildman–Crippen LogP) is 3.89. The quantitative estimate of drug-likeness (QED) is 0.308. The van der Waals surface area contributed by atoms with Crippen molar-refractivity contribution in [3.05, 3.63) is 65.5 Å². The lowest BCUT2D eigenvalue weighted by Gasteiger charge is -2.07. The van der Waals surface area contributed by atoms with Gasteiger partial charge in [-0.1, -0.05) is 12.1 Å². The van der Waals surface area contributed by atoms with Gasteiger partial charge in [-0.05, 0) is 43.7 Å². The summed E-state index contributed by atoms with van der Waals surface area (Å²) in [6.07, 6.45) is 5.53. The molecule has 2 heterocycles. The van der Waals surface area contributed by atoms with Crippen molar-refractivity contribution in [1.29, 1.82) is 0 Å². The van der Waals surface area contributed by atoms with Crippen LogP contribution in [-0.4, -0.2) is 36.1 Å². The Hall–Kier alpha value is -3.28. The summed E-state index contributed by atoms with van der Waals surface area (Å²) in [5, 5.41) is 0. The SMILES string of the molecule is C=CCn1c(C)cc(C(=O)COC(=O)/C=C/c2ccc3c(c2)OCCCO3)c1C. The van der Waals surface area contributed by atoms with Crippen LogP contribution < -0.4 is 9.47 Å². The first-order chi connectivity index (χ1) is 14.0. The molecule has 1 aromatic heterocycles. The van der Waals surface area contributed by atoms with E-state index in [1.165, 1.54) is 6.08 Å². The molecule has 0 saturated heterocycles. The van der Waals surface area contributed by atoms with Crippen LogP contribution >= 0.6 is 0 Å². The van der Waals surface area contributed by atoms with E-state index in [2.05, 4.69) is 6.58 Å². The molecule has 6 heteroatoms. The molecule has 0 atom stereocenters. The number of nitrogens with zero attached hydrogens (tertiary/aromatic N) is 1. The third kappa shape index (κ3) is 4.96. The van der Waals surface area contributed by atoms with E-state index in [1.807, 2.05) is 42.7 Å². The summed E-state index contributed by atoms with van der Waals surface area (Å²) in [5.41, 5.74) is 3.15. The molecular formula is C23H25NO5. The molecule has 0 fully saturated rings. The van der Waals surface area contributed by atoms with Crippen LogP contribution in [0.4, 0.5) is 0 Å². The monoisotopic (exact) mass is 395 g/mol. The third-order valence-corrected chi connectivity index (χ3v) is 4.71. The first-order valence-electron chi connectivity index (χ1n) is 9.55. The molecular weight excluding hydrogens is 370 g/mol. The van der Waals surface area contributed by atoms with Gasteiger partial charge in [-0.15, -0.1) is 6.58 Å². The van der Waals surface area contributed by atoms with Crippen LogP contribution in [0.3, 0.4) is 0 Å². The zero-order valence-electron chi connectivity index (χ0n) is 16.8. The highest BCUT2D eigenvalue weighted by Crippen LogP contribution is 2.30. The molecule has 0 spiro atoms. The van der Waals surface area contributed by atoms with Crippen molar-refractivity contribution in [3.8, 4) is 11.5 Å². The van der Waals surface area contributed by atoms with Gasteiger partial charge in [0.1, 0.15) is 0 Å². The molecule has 152 valence electrons. The van der Waals surface area contributed by atoms with Crippen molar-refractivity contribution in [2.45, 2.75) is 26.8 Å². The van der Waals surface area contributed by atoms with E-state index < -0.39 is 5.97 Å². The molecule has 29 heavy (non-hydrogen) atoms. The van der Waals surface area contributed by atoms with Gasteiger partial charge in [0.15, 0.2) is 18.1 Å². The van der Waals surface area contributed by atoms with Crippen LogP contribution in [-0.2, 0) is 16.1 Å². The van der Waals surface area contributed by atoms with Crippen molar-refractivity contribution < 1.29 is 23.8 Å². The number of aromatic nitrogens is 1. The number of esters is 1. The van der Waals surface area contributed by atoms with Crippen molar-refractivity contribution in [1.82, 2.24) is 4.57 Å². The van der Waals surface area contributed by atoms with Crippen LogP contribution in [0.5, 0.6) is 11.5 Å². The van der Waals surface area contributed by atoms with Gasteiger partial charge in [0.25, 0.3) is 0 Å². The van der Waals surface area contributed by atoms with Crippen LogP contribution in [0.1, 0.15) is 33.7 Å². The zero-order chi connectivity index (χ0) is 20.8. The Bertz CT molecular complexity index is 954. The number of ether oxygens (including phenoxy) is 3. The predicted molar refractivity (Wildman–Crippen MR) is 110 cm³/mol. The Morgan fingerprint density at radius 3 is 2.69 bits per heavy atom. The maximum Gasteiger partial charge on any atom is 0.331 e. The standard InChI is InChI=1S/C23H25NO5/c1-4-10-24-16(2)13-19(17(24)3)20(25)15-29-23(26)9-7-18-6-8-21-22(14-18)28-12-5-11-27-21/h4,6-9,13-14H,1,5,10-12,15H2,2-3H3/b9-7+. The number of allylic oxidation sites excluding steroid dienone is 1. The van der Waals surface area contributed by atoms with Crippen molar-refractivity contribution >= 4 is 17.8 Å². The number of carbonyl (C=O) groups is 2. The second kappa shape index (κ2) is 9.28. The lowest BCUT2D eigenvalue weighted by Crippen LogP contribution is -2.13. The van der Waals surface area contributed by atoms with Crippen LogP contribution in [0.2, 0.25) is 0 Å². The summed E-state index contributed by atoms with van der Waals surface area (Å²) in [7, 11) is 0. The Morgan fingerprint density at radius 1 is 1.17 bits per heavy atom. The van der Waals surface area contributed by atoms with Gasteiger partial charge >= 0.3 is 5.97 Å². The van der Waals surface area contributed by atoms with Crippen molar-refractivity contribution in [2.75, 3.05) is 19.8 Å². The molecule has 0 bridgehead atoms. The molecule has 0 amide bonds. The number of ketones is 1. The van der Waals surface area contributed by atoms with Crippen LogP contribution in [0.25, 0.3) is 6.08 Å². The summed E-state index contributed by atoms with van der Waals surface area (Å²) in [6, 6.07) is 7.26. The molecule has 1 aliphatic rings. The average Bonchev–Trinajstić information content (AvgIpc) is 2.88. The fraction of sp³-hybridized carbons (Fsp3) is 0.304. The second-order valence-corrected chi connectivity index (χ2v) is 6.80. The first-order valence-corrected chi connectivity index (χ1v) is 9.55. The minimum Gasteiger partial charge on any atom is -0.490 e. The maximum absolute atomic E-state index is 12.4. The van der Waals surface area contributed by atoms with E-state index in [0.717, 1.165) is 23.4 Å². The average molecular weight is 395 g/mol. The van der Waals surface area contributed by atoms with Crippen molar-refractivity contribution in [3.63, 3.8) is 0 Å². The highest BCUT2D eigenvalue weighted by atomic mass is 16.5. The second-order valence-electron chi connectivity index (χ2n) is 6.80. The van der Waals surface area contributed by atoms with E-state index in [-0.39, 0.29) is 12.4 Å². The summed E-state index contributed by atoms with van der Waals surface area (Å²) in [6.45, 7) is 9.07. The fourth-order valence-electron chi connectivity index (χ4n) is 3.20. The number of aryl methyl sites for hydroxylation is 1. The number of hydrogen-bond donors (Lipinski definition) is 0. The van der Waals surface area contributed by atoms with Crippen LogP contribution in [0, 0.1) is 13.8 Å². The molecule has 0 radical (unpaired) electrons. The van der Waals surface area contributed by atoms with Gasteiger partial charge in [0.2, 0.25) is 5.78 Å². The molecule has 0 aliphatic carbocycles. The van der Waals surface area contributed by atoms with Gasteiger partial charge in [-0.25, -0.2) is 4.79 Å². The van der Waals surface area contributed by atoms with E-state index in [4.69, 9.17) is 14.2 Å². The normalized spacial score (nSPS) is 13.2. The third-order valence-electron chi connectivity index (χ3n) is 4.71. The molecule has 0 unspecified atom stereocenters. The Kier molecular flexibility index (Phi) is 6.54. The number of hydrogen-bond acceptors (Lipinski definition) is 5. The number of rotatable bonds is 7. The molecule has 1 aromatic carbocycles. The number of benzene rings is 1. The molecule has 6 nitrogen and oxygen atoms in total. The van der Waals surface area contributed by atoms with Gasteiger partial charge in [0, 0.05) is 36.0 Å². The zero-order valence-corrected chi connectivity index (χ0v) is 16.8. The number of carbonyl (C=O) groups excluding carboxylic acids is 2. The fourth-order valence-corrected chi connectivity index (χ4v) is 3.20. The Balaban J connectivity index is 1.58. The summed E-state index contributed by atoms with van der Waals surface area (Å²) < 4.78 is 18.3. The van der Waals surface area contributed by atoms with Crippen molar-refractivity contribution in [2.24, 2.45) is 0 Å². The van der Waals surface area contributed by atoms with E-state index in [9.17, 15) is 9.59 Å². The van der Waals surface area contributed by atoms with Crippen LogP contribution in [0.15, 0.2) is 43.0 Å². The van der Waals surface area contributed by atoms with E-state index >= 15 is 0 Å². The largest absolute Gasteiger partial charge is 0.490 e. The van der Waals surface area contributed by atoms with E-state index in [0.29, 0.717) is 36.8 Å². The van der Waals surface area contributed by atoms with Gasteiger partial charge in [0.05, 0.1) is 13.2 Å². The Labute approximate surface area is 170 Å². The smallest absolute Gasteiger partial charge is 0.331 e. The minimum atomic E-state index is -0.578. The lowest BCUT2D eigenvalue weighted by molar-refractivity contribution is -0.136. The Morgan fingerprint density at radius 2 is 1.93 bits per heavy atom. The highest BCUT2D eigenvalue weighted by Gasteiger charge is 2.16. The van der Waals surface area contributed by atoms with Gasteiger partial charge in [-0.2, -0.15) is 0 Å². The molecule has 2 aromatic rings. The first kappa shape index (κ1) is 20.5. The molecule has 3 rings (SSSR count). The molecule has 1 aliphatic heterocycles. The minimum absolute atomic E-state index is 0.231. The van der Waals surface area contributed by atoms with Gasteiger partial charge < -0.3 is 18.8 Å². The number of fused-ring (bicyclic) bond motifs is 1. The summed E-state index contributed by atoms with van der Waals surface area (Å²) in [5.74, 6) is 0.543. The molecule has 0 N–H and O–H groups in total. The van der Waals surface area contributed by atoms with Gasteiger partial charge in [-0.3, -0.25) is 4.79 Å².